The van der Waals surface area contributed by atoms with Crippen molar-refractivity contribution in [1.29, 1.82) is 0 Å². The fourth-order valence-corrected chi connectivity index (χ4v) is 2.05. The molecule has 0 atom stereocenters. The molecule has 1 aromatic carbocycles. The van der Waals surface area contributed by atoms with Gasteiger partial charge in [0.15, 0.2) is 0 Å². The quantitative estimate of drug-likeness (QED) is 0.658. The summed E-state index contributed by atoms with van der Waals surface area (Å²) in [4.78, 5) is 12.3. The van der Waals surface area contributed by atoms with E-state index in [1.54, 1.807) is 43.3 Å². The molecule has 1 aromatic heterocycles. The Bertz CT molecular complexity index is 576. The third-order valence-electron chi connectivity index (χ3n) is 2.36. The van der Waals surface area contributed by atoms with Crippen molar-refractivity contribution in [3.05, 3.63) is 52.2 Å². The van der Waals surface area contributed by atoms with Crippen LogP contribution in [0.1, 0.15) is 22.2 Å². The Hall–Kier alpha value is -2.14. The number of rotatable bonds is 3. The molecule has 0 saturated heterocycles. The van der Waals surface area contributed by atoms with Crippen molar-refractivity contribution in [2.24, 2.45) is 5.10 Å². The van der Waals surface area contributed by atoms with Crippen LogP contribution >= 0.6 is 11.3 Å². The van der Waals surface area contributed by atoms with E-state index >= 15 is 0 Å². The lowest BCUT2D eigenvalue weighted by Crippen LogP contribution is -2.18. The molecule has 2 aromatic rings. The number of benzene rings is 1. The monoisotopic (exact) mass is 260 g/mol. The third-order valence-corrected chi connectivity index (χ3v) is 3.23. The van der Waals surface area contributed by atoms with Gasteiger partial charge < -0.3 is 5.11 Å². The molecule has 2 N–H and O–H groups in total. The smallest absolute Gasteiger partial charge is 0.281 e. The summed E-state index contributed by atoms with van der Waals surface area (Å²) in [7, 11) is 0. The van der Waals surface area contributed by atoms with Gasteiger partial charge in [0.05, 0.1) is 10.6 Å². The highest BCUT2D eigenvalue weighted by atomic mass is 32.1. The van der Waals surface area contributed by atoms with Crippen LogP contribution in [0.3, 0.4) is 0 Å². The van der Waals surface area contributed by atoms with E-state index in [1.165, 1.54) is 11.3 Å². The van der Waals surface area contributed by atoms with Gasteiger partial charge in [0.1, 0.15) is 5.75 Å². The number of phenols is 1. The molecule has 0 saturated carbocycles. The van der Waals surface area contributed by atoms with Crippen LogP contribution in [0.25, 0.3) is 0 Å². The van der Waals surface area contributed by atoms with E-state index < -0.39 is 0 Å². The van der Waals surface area contributed by atoms with E-state index in [2.05, 4.69) is 10.5 Å². The first-order valence-electron chi connectivity index (χ1n) is 5.35. The largest absolute Gasteiger partial charge is 0.507 e. The van der Waals surface area contributed by atoms with Gasteiger partial charge in [-0.3, -0.25) is 4.79 Å². The third kappa shape index (κ3) is 2.75. The number of phenolic OH excluding ortho intramolecular Hbond substituents is 1. The van der Waals surface area contributed by atoms with Gasteiger partial charge in [0, 0.05) is 5.56 Å². The number of hydrogen-bond donors (Lipinski definition) is 2. The number of nitrogens with zero attached hydrogens (tertiary/aromatic N) is 1. The highest BCUT2D eigenvalue weighted by Crippen LogP contribution is 2.16. The van der Waals surface area contributed by atoms with Crippen LogP contribution in [-0.2, 0) is 0 Å². The van der Waals surface area contributed by atoms with Gasteiger partial charge in [0.2, 0.25) is 0 Å². The van der Waals surface area contributed by atoms with Crippen LogP contribution in [-0.4, -0.2) is 16.7 Å². The minimum Gasteiger partial charge on any atom is -0.507 e. The summed E-state index contributed by atoms with van der Waals surface area (Å²) in [5, 5.41) is 15.4. The average Bonchev–Trinajstić information content (AvgIpc) is 2.90. The van der Waals surface area contributed by atoms with Crippen LogP contribution in [0.2, 0.25) is 0 Å². The predicted molar refractivity (Wildman–Crippen MR) is 72.1 cm³/mol. The Morgan fingerprint density at radius 2 is 2.06 bits per heavy atom. The fourth-order valence-electron chi connectivity index (χ4n) is 1.44. The lowest BCUT2D eigenvalue weighted by atomic mass is 10.1. The van der Waals surface area contributed by atoms with Crippen LogP contribution in [0.4, 0.5) is 0 Å². The second-order valence-corrected chi connectivity index (χ2v) is 4.58. The molecule has 5 heteroatoms. The van der Waals surface area contributed by atoms with Crippen LogP contribution in [0.15, 0.2) is 46.9 Å². The first-order chi connectivity index (χ1) is 8.68. The second kappa shape index (κ2) is 5.46. The number of thiophene rings is 1. The minimum absolute atomic E-state index is 0.143. The highest BCUT2D eigenvalue weighted by molar-refractivity contribution is 7.12. The van der Waals surface area contributed by atoms with Crippen molar-refractivity contribution >= 4 is 23.0 Å². The summed E-state index contributed by atoms with van der Waals surface area (Å²) in [5.74, 6) is -0.108. The molecule has 92 valence electrons. The Labute approximate surface area is 109 Å². The maximum Gasteiger partial charge on any atom is 0.281 e. The SMILES string of the molecule is C/C(=N/NC(=O)c1cccs1)c1ccccc1O. The van der Waals surface area contributed by atoms with Crippen molar-refractivity contribution in [3.63, 3.8) is 0 Å². The number of amides is 1. The summed E-state index contributed by atoms with van der Waals surface area (Å²) in [6, 6.07) is 10.4. The molecule has 0 spiro atoms. The molecule has 0 fully saturated rings. The number of nitrogens with one attached hydrogen (secondary N) is 1. The molecule has 0 unspecified atom stereocenters. The zero-order valence-electron chi connectivity index (χ0n) is 9.75. The lowest BCUT2D eigenvalue weighted by molar-refractivity contribution is 0.0959. The standard InChI is InChI=1S/C13H12N2O2S/c1-9(10-5-2-3-6-11(10)16)14-15-13(17)12-7-4-8-18-12/h2-8,16H,1H3,(H,15,17)/b14-9-. The summed E-state index contributed by atoms with van der Waals surface area (Å²) < 4.78 is 0. The number of carbonyl (C=O) groups excluding carboxylic acids is 1. The number of hydrazone groups is 1. The molecule has 18 heavy (non-hydrogen) atoms. The number of aromatic hydroxyl groups is 1. The van der Waals surface area contributed by atoms with Crippen molar-refractivity contribution in [1.82, 2.24) is 5.43 Å². The highest BCUT2D eigenvalue weighted by Gasteiger charge is 2.06. The average molecular weight is 260 g/mol. The molecule has 0 aliphatic heterocycles. The minimum atomic E-state index is -0.250. The predicted octanol–water partition coefficient (Wildman–Crippen LogP) is 2.61. The molecule has 0 bridgehead atoms. The van der Waals surface area contributed by atoms with Gasteiger partial charge in [-0.15, -0.1) is 11.3 Å². The maximum absolute atomic E-state index is 11.7. The van der Waals surface area contributed by atoms with E-state index in [4.69, 9.17) is 0 Å². The van der Waals surface area contributed by atoms with Gasteiger partial charge in [-0.2, -0.15) is 5.10 Å². The van der Waals surface area contributed by atoms with E-state index in [9.17, 15) is 9.90 Å². The Morgan fingerprint density at radius 3 is 2.72 bits per heavy atom. The van der Waals surface area contributed by atoms with Gasteiger partial charge in [-0.05, 0) is 30.5 Å². The lowest BCUT2D eigenvalue weighted by Gasteiger charge is -2.03. The Morgan fingerprint density at radius 1 is 1.28 bits per heavy atom. The van der Waals surface area contributed by atoms with Crippen LogP contribution in [0.5, 0.6) is 5.75 Å². The molecule has 2 rings (SSSR count). The van der Waals surface area contributed by atoms with E-state index in [0.29, 0.717) is 16.2 Å². The molecule has 0 aliphatic rings. The molecular weight excluding hydrogens is 248 g/mol. The summed E-state index contributed by atoms with van der Waals surface area (Å²) in [6.07, 6.45) is 0. The molecule has 4 nitrogen and oxygen atoms in total. The van der Waals surface area contributed by atoms with E-state index in [-0.39, 0.29) is 11.7 Å². The van der Waals surface area contributed by atoms with Crippen molar-refractivity contribution in [2.45, 2.75) is 6.92 Å². The van der Waals surface area contributed by atoms with Crippen molar-refractivity contribution in [2.75, 3.05) is 0 Å². The molecule has 0 aliphatic carbocycles. The molecule has 1 heterocycles. The van der Waals surface area contributed by atoms with E-state index in [0.717, 1.165) is 0 Å². The van der Waals surface area contributed by atoms with Gasteiger partial charge in [-0.1, -0.05) is 18.2 Å². The summed E-state index contributed by atoms with van der Waals surface area (Å²) >= 11 is 1.35. The molecular formula is C13H12N2O2S. The normalized spacial score (nSPS) is 11.3. The summed E-state index contributed by atoms with van der Waals surface area (Å²) in [5.41, 5.74) is 3.61. The summed E-state index contributed by atoms with van der Waals surface area (Å²) in [6.45, 7) is 1.73. The zero-order chi connectivity index (χ0) is 13.0. The van der Waals surface area contributed by atoms with Crippen LogP contribution in [0, 0.1) is 0 Å². The second-order valence-electron chi connectivity index (χ2n) is 3.63. The molecule has 1 amide bonds. The first kappa shape index (κ1) is 12.3. The van der Waals surface area contributed by atoms with Gasteiger partial charge >= 0.3 is 0 Å². The topological polar surface area (TPSA) is 61.7 Å². The Kier molecular flexibility index (Phi) is 3.74. The Balaban J connectivity index is 2.11. The van der Waals surface area contributed by atoms with Crippen molar-refractivity contribution < 1.29 is 9.90 Å². The zero-order valence-corrected chi connectivity index (χ0v) is 10.6. The van der Waals surface area contributed by atoms with Gasteiger partial charge in [0.25, 0.3) is 5.91 Å². The number of para-hydroxylation sites is 1. The number of hydrogen-bond acceptors (Lipinski definition) is 4. The fraction of sp³-hybridized carbons (Fsp3) is 0.0769. The number of carbonyl (C=O) groups is 1. The first-order valence-corrected chi connectivity index (χ1v) is 6.23. The van der Waals surface area contributed by atoms with E-state index in [1.807, 2.05) is 5.38 Å². The van der Waals surface area contributed by atoms with Gasteiger partial charge in [-0.25, -0.2) is 5.43 Å². The van der Waals surface area contributed by atoms with Crippen molar-refractivity contribution in [3.8, 4) is 5.75 Å². The maximum atomic E-state index is 11.7. The molecule has 0 radical (unpaired) electrons. The van der Waals surface area contributed by atoms with Crippen LogP contribution < -0.4 is 5.43 Å².